The summed E-state index contributed by atoms with van der Waals surface area (Å²) >= 11 is 0. The number of piperazine rings is 2. The number of H-pyrrole nitrogens is 4. The maximum atomic E-state index is 13.9. The summed E-state index contributed by atoms with van der Waals surface area (Å²) < 4.78 is 38.2. The number of rotatable bonds is 14. The molecule has 0 unspecified atom stereocenters. The van der Waals surface area contributed by atoms with Gasteiger partial charge < -0.3 is 39.1 Å². The van der Waals surface area contributed by atoms with Crippen LogP contribution in [0.2, 0.25) is 0 Å². The number of ether oxygens (including phenoxy) is 2. The predicted molar refractivity (Wildman–Crippen MR) is 231 cm³/mol. The summed E-state index contributed by atoms with van der Waals surface area (Å²) in [7, 11) is -3.64. The van der Waals surface area contributed by atoms with Gasteiger partial charge in [-0.25, -0.2) is 4.57 Å². The van der Waals surface area contributed by atoms with Gasteiger partial charge in [0.15, 0.2) is 0 Å². The van der Waals surface area contributed by atoms with E-state index in [0.717, 1.165) is 143 Å². The molecule has 2 aliphatic rings. The molecule has 15 nitrogen and oxygen atoms in total. The van der Waals surface area contributed by atoms with Gasteiger partial charge in [-0.1, -0.05) is 0 Å². The van der Waals surface area contributed by atoms with Crippen LogP contribution in [0.15, 0.2) is 84.9 Å². The van der Waals surface area contributed by atoms with E-state index >= 15 is 0 Å². The van der Waals surface area contributed by atoms with Crippen molar-refractivity contribution in [2.45, 2.75) is 0 Å². The molecule has 16 heteroatoms. The number of nitrogens with one attached hydrogen (secondary N) is 6. The van der Waals surface area contributed by atoms with Crippen molar-refractivity contribution < 1.29 is 23.1 Å². The van der Waals surface area contributed by atoms with E-state index < -0.39 is 7.60 Å². The van der Waals surface area contributed by atoms with E-state index in [9.17, 15) is 4.57 Å². The fourth-order valence-corrected chi connectivity index (χ4v) is 9.05. The zero-order chi connectivity index (χ0) is 39.8. The summed E-state index contributed by atoms with van der Waals surface area (Å²) in [6, 6.07) is 27.2. The Hall–Kier alpha value is -5.83. The molecule has 6 heterocycles. The summed E-state index contributed by atoms with van der Waals surface area (Å²) in [5, 5.41) is 25.9. The molecule has 8 aromatic rings. The van der Waals surface area contributed by atoms with Gasteiger partial charge in [-0.3, -0.25) is 20.0 Å². The average molecular weight is 815 g/mol. The summed E-state index contributed by atoms with van der Waals surface area (Å²) in [5.74, 6) is 2.46. The first-order valence-electron chi connectivity index (χ1n) is 20.2. The minimum absolute atomic E-state index is 0.401. The normalized spacial score (nSPS) is 15.7. The van der Waals surface area contributed by atoms with Crippen LogP contribution < -0.4 is 29.2 Å². The van der Waals surface area contributed by atoms with Crippen LogP contribution in [0.1, 0.15) is 0 Å². The van der Waals surface area contributed by atoms with Crippen LogP contribution in [0.25, 0.3) is 66.4 Å². The predicted octanol–water partition coefficient (Wildman–Crippen LogP) is 6.58. The number of aromatic nitrogens is 6. The Morgan fingerprint density at radius 2 is 0.983 bits per heavy atom. The van der Waals surface area contributed by atoms with Crippen LogP contribution in [-0.4, -0.2) is 125 Å². The molecule has 0 spiro atoms. The summed E-state index contributed by atoms with van der Waals surface area (Å²) in [4.78, 5) is 11.8. The molecule has 0 aliphatic carbocycles. The Morgan fingerprint density at radius 3 is 1.44 bits per heavy atom. The SMILES string of the molecule is CP(=O)(Oc1ccc2[nH]nc(-c3cc4cc(OCCN5CCNCC5)ccc4[nH]3)c2c1)Oc1ccc2[nH]nc(-c3cc4cc(OCCN5CCNCC5)ccc4[nH]3)c2c1. The van der Waals surface area contributed by atoms with Crippen molar-refractivity contribution in [3.05, 3.63) is 84.9 Å². The molecule has 0 atom stereocenters. The lowest BCUT2D eigenvalue weighted by Gasteiger charge is -2.26. The monoisotopic (exact) mass is 814 g/mol. The molecule has 0 bridgehead atoms. The van der Waals surface area contributed by atoms with Gasteiger partial charge >= 0.3 is 7.60 Å². The summed E-state index contributed by atoms with van der Waals surface area (Å²) in [6.45, 7) is 12.8. The molecule has 0 saturated carbocycles. The first-order chi connectivity index (χ1) is 28.9. The fraction of sp³-hybridized carbons (Fsp3) is 0.302. The second-order valence-corrected chi connectivity index (χ2v) is 17.2. The molecule has 6 N–H and O–H groups in total. The standard InChI is InChI=1S/C43H47N10O5P/c1-59(54,57-32-4-8-38-34(26-32)42(50-48-38)40-24-28-22-30(2-6-36(28)46-40)55-20-18-52-14-10-44-11-15-52)58-33-5-9-39-35(27-33)43(51-49-39)41-25-29-23-31(3-7-37(29)47-41)56-21-19-53-16-12-45-13-17-53/h2-9,22-27,44-47H,10-21H2,1H3,(H,48,50)(H,49,51). The van der Waals surface area contributed by atoms with Gasteiger partial charge in [0.1, 0.15) is 47.6 Å². The minimum atomic E-state index is -3.64. The van der Waals surface area contributed by atoms with Crippen molar-refractivity contribution in [1.82, 2.24) is 50.8 Å². The second-order valence-electron chi connectivity index (χ2n) is 15.3. The van der Waals surface area contributed by atoms with Gasteiger partial charge in [0.2, 0.25) is 0 Å². The molecule has 0 amide bonds. The molecule has 2 saturated heterocycles. The highest BCUT2D eigenvalue weighted by Gasteiger charge is 2.23. The Balaban J connectivity index is 0.819. The maximum absolute atomic E-state index is 13.9. The van der Waals surface area contributed by atoms with E-state index in [1.807, 2.05) is 60.7 Å². The Labute approximate surface area is 340 Å². The number of benzene rings is 4. The van der Waals surface area contributed by atoms with Crippen LogP contribution in [0.3, 0.4) is 0 Å². The Bertz CT molecular complexity index is 2610. The van der Waals surface area contributed by atoms with Crippen molar-refractivity contribution in [3.8, 4) is 45.8 Å². The third-order valence-corrected chi connectivity index (χ3v) is 12.2. The number of fused-ring (bicyclic) bond motifs is 4. The third kappa shape index (κ3) is 8.25. The van der Waals surface area contributed by atoms with E-state index in [0.29, 0.717) is 24.7 Å². The van der Waals surface area contributed by atoms with Gasteiger partial charge in [-0.2, -0.15) is 10.2 Å². The zero-order valence-corrected chi connectivity index (χ0v) is 33.7. The van der Waals surface area contributed by atoms with E-state index in [1.54, 1.807) is 12.1 Å². The average Bonchev–Trinajstić information content (AvgIpc) is 4.05. The molecule has 10 rings (SSSR count). The summed E-state index contributed by atoms with van der Waals surface area (Å²) in [5.41, 5.74) is 6.71. The third-order valence-electron chi connectivity index (χ3n) is 11.1. The summed E-state index contributed by atoms with van der Waals surface area (Å²) in [6.07, 6.45) is 0. The molecule has 304 valence electrons. The number of hydrogen-bond donors (Lipinski definition) is 6. The molecular weight excluding hydrogens is 768 g/mol. The fourth-order valence-electron chi connectivity index (χ4n) is 8.02. The van der Waals surface area contributed by atoms with Gasteiger partial charge in [0, 0.05) is 98.0 Å². The largest absolute Gasteiger partial charge is 0.492 e. The van der Waals surface area contributed by atoms with Gasteiger partial charge in [-0.05, 0) is 84.9 Å². The number of hydrogen-bond acceptors (Lipinski definition) is 11. The highest BCUT2D eigenvalue weighted by molar-refractivity contribution is 7.53. The van der Waals surface area contributed by atoms with Crippen LogP contribution in [-0.2, 0) is 4.57 Å². The van der Waals surface area contributed by atoms with Crippen LogP contribution in [0.5, 0.6) is 23.0 Å². The number of nitrogens with zero attached hydrogens (tertiary/aromatic N) is 4. The smallest absolute Gasteiger partial charge is 0.427 e. The van der Waals surface area contributed by atoms with Crippen molar-refractivity contribution in [3.63, 3.8) is 0 Å². The van der Waals surface area contributed by atoms with Crippen molar-refractivity contribution in [2.75, 3.05) is 85.3 Å². The lowest BCUT2D eigenvalue weighted by molar-refractivity contribution is 0.191. The van der Waals surface area contributed by atoms with Crippen LogP contribution in [0.4, 0.5) is 0 Å². The van der Waals surface area contributed by atoms with Crippen LogP contribution >= 0.6 is 7.60 Å². The lowest BCUT2D eigenvalue weighted by Crippen LogP contribution is -2.44. The minimum Gasteiger partial charge on any atom is -0.492 e. The molecule has 59 heavy (non-hydrogen) atoms. The van der Waals surface area contributed by atoms with E-state index in [4.69, 9.17) is 18.5 Å². The Kier molecular flexibility index (Phi) is 10.2. The van der Waals surface area contributed by atoms with Gasteiger partial charge in [-0.15, -0.1) is 0 Å². The molecule has 4 aromatic carbocycles. The van der Waals surface area contributed by atoms with E-state index in [2.05, 4.69) is 62.9 Å². The van der Waals surface area contributed by atoms with E-state index in [-0.39, 0.29) is 0 Å². The lowest BCUT2D eigenvalue weighted by atomic mass is 10.1. The zero-order valence-electron chi connectivity index (χ0n) is 32.8. The molecule has 4 aromatic heterocycles. The first-order valence-corrected chi connectivity index (χ1v) is 22.2. The Morgan fingerprint density at radius 1 is 0.559 bits per heavy atom. The van der Waals surface area contributed by atoms with Crippen molar-refractivity contribution in [1.29, 1.82) is 0 Å². The van der Waals surface area contributed by atoms with Gasteiger partial charge in [0.05, 0.1) is 29.1 Å². The van der Waals surface area contributed by atoms with E-state index in [1.165, 1.54) is 6.66 Å². The maximum Gasteiger partial charge on any atom is 0.427 e. The van der Waals surface area contributed by atoms with Crippen molar-refractivity contribution in [2.24, 2.45) is 0 Å². The molecule has 2 aliphatic heterocycles. The van der Waals surface area contributed by atoms with Crippen molar-refractivity contribution >= 4 is 51.2 Å². The highest BCUT2D eigenvalue weighted by atomic mass is 31.2. The van der Waals surface area contributed by atoms with Crippen LogP contribution in [0, 0.1) is 0 Å². The first kappa shape index (κ1) is 37.4. The van der Waals surface area contributed by atoms with Gasteiger partial charge in [0.25, 0.3) is 0 Å². The quantitative estimate of drug-likeness (QED) is 0.0655. The molecule has 2 fully saturated rings. The topological polar surface area (TPSA) is 173 Å². The second kappa shape index (κ2) is 16.1. The highest BCUT2D eigenvalue weighted by Crippen LogP contribution is 2.46. The molecular formula is C43H47N10O5P. The molecule has 0 radical (unpaired) electrons. The number of aromatic amines is 4.